The van der Waals surface area contributed by atoms with Crippen molar-refractivity contribution in [3.63, 3.8) is 0 Å². The highest BCUT2D eigenvalue weighted by atomic mass is 16.5. The Labute approximate surface area is 133 Å². The normalized spacial score (nSPS) is 12.6. The van der Waals surface area contributed by atoms with Crippen LogP contribution in [0.25, 0.3) is 0 Å². The summed E-state index contributed by atoms with van der Waals surface area (Å²) in [5.41, 5.74) is 5.55. The summed E-state index contributed by atoms with van der Waals surface area (Å²) in [6.07, 6.45) is -1.33. The molecule has 0 saturated heterocycles. The number of benzene rings is 1. The summed E-state index contributed by atoms with van der Waals surface area (Å²) in [6, 6.07) is 7.28. The van der Waals surface area contributed by atoms with Gasteiger partial charge in [-0.05, 0) is 12.5 Å². The maximum absolute atomic E-state index is 11.9. The van der Waals surface area contributed by atoms with Gasteiger partial charge in [-0.3, -0.25) is 19.7 Å². The van der Waals surface area contributed by atoms with Crippen molar-refractivity contribution in [2.75, 3.05) is 0 Å². The van der Waals surface area contributed by atoms with Gasteiger partial charge in [-0.25, -0.2) is 4.79 Å². The third-order valence-corrected chi connectivity index (χ3v) is 2.87. The van der Waals surface area contributed by atoms with Gasteiger partial charge >= 0.3 is 12.0 Å². The van der Waals surface area contributed by atoms with E-state index < -0.39 is 30.1 Å². The fourth-order valence-electron chi connectivity index (χ4n) is 1.87. The van der Waals surface area contributed by atoms with Crippen molar-refractivity contribution in [3.05, 3.63) is 35.9 Å². The topological polar surface area (TPSA) is 128 Å². The van der Waals surface area contributed by atoms with Gasteiger partial charge in [0.25, 0.3) is 5.91 Å². The molecule has 0 aliphatic heterocycles. The summed E-state index contributed by atoms with van der Waals surface area (Å²) in [6.45, 7) is 2.65. The minimum Gasteiger partial charge on any atom is -0.452 e. The predicted octanol–water partition coefficient (Wildman–Crippen LogP) is 0.381. The number of hydrogen-bond acceptors (Lipinski definition) is 5. The van der Waals surface area contributed by atoms with Gasteiger partial charge in [0.1, 0.15) is 0 Å². The fraction of sp³-hybridized carbons (Fsp3) is 0.333. The zero-order valence-electron chi connectivity index (χ0n) is 12.9. The molecule has 0 aliphatic carbocycles. The van der Waals surface area contributed by atoms with Gasteiger partial charge in [0.15, 0.2) is 6.10 Å². The minimum atomic E-state index is -1.18. The Morgan fingerprint density at radius 1 is 1.17 bits per heavy atom. The number of hydrogen-bond donors (Lipinski definition) is 3. The van der Waals surface area contributed by atoms with Crippen molar-refractivity contribution in [1.29, 1.82) is 0 Å². The molecule has 1 aromatic carbocycles. The maximum Gasteiger partial charge on any atom is 0.318 e. The first-order valence-corrected chi connectivity index (χ1v) is 6.91. The molecule has 0 unspecified atom stereocenters. The maximum atomic E-state index is 11.9. The molecule has 1 rings (SSSR count). The largest absolute Gasteiger partial charge is 0.452 e. The second-order valence-electron chi connectivity index (χ2n) is 4.85. The zero-order valence-corrected chi connectivity index (χ0v) is 12.9. The van der Waals surface area contributed by atoms with Crippen molar-refractivity contribution in [3.8, 4) is 0 Å². The second kappa shape index (κ2) is 8.52. The quantitative estimate of drug-likeness (QED) is 0.653. The zero-order chi connectivity index (χ0) is 17.4. The number of urea groups is 1. The molecule has 0 aromatic heterocycles. The molecule has 124 valence electrons. The van der Waals surface area contributed by atoms with Crippen LogP contribution in [0.15, 0.2) is 30.3 Å². The van der Waals surface area contributed by atoms with E-state index >= 15 is 0 Å². The van der Waals surface area contributed by atoms with E-state index in [-0.39, 0.29) is 12.3 Å². The Morgan fingerprint density at radius 3 is 2.30 bits per heavy atom. The third-order valence-electron chi connectivity index (χ3n) is 2.87. The van der Waals surface area contributed by atoms with Crippen LogP contribution in [0.3, 0.4) is 0 Å². The Balaban J connectivity index is 2.68. The first kappa shape index (κ1) is 18.1. The monoisotopic (exact) mass is 321 g/mol. The van der Waals surface area contributed by atoms with E-state index in [1.165, 1.54) is 13.8 Å². The second-order valence-corrected chi connectivity index (χ2v) is 4.85. The van der Waals surface area contributed by atoms with E-state index in [0.717, 1.165) is 5.56 Å². The Bertz CT molecular complexity index is 588. The van der Waals surface area contributed by atoms with Crippen LogP contribution in [0.2, 0.25) is 0 Å². The number of primary amides is 1. The van der Waals surface area contributed by atoms with Crippen molar-refractivity contribution >= 4 is 23.8 Å². The van der Waals surface area contributed by atoms with Gasteiger partial charge < -0.3 is 15.8 Å². The van der Waals surface area contributed by atoms with Crippen molar-refractivity contribution in [2.24, 2.45) is 5.73 Å². The number of imide groups is 1. The number of carbonyl (C=O) groups is 4. The Hall–Kier alpha value is -2.90. The average Bonchev–Trinajstić information content (AvgIpc) is 2.46. The first-order chi connectivity index (χ1) is 10.8. The summed E-state index contributed by atoms with van der Waals surface area (Å²) in [5.74, 6) is -1.81. The van der Waals surface area contributed by atoms with Gasteiger partial charge in [-0.2, -0.15) is 0 Å². The first-order valence-electron chi connectivity index (χ1n) is 6.91. The number of rotatable bonds is 6. The lowest BCUT2D eigenvalue weighted by Crippen LogP contribution is -2.42. The van der Waals surface area contributed by atoms with Gasteiger partial charge in [0, 0.05) is 6.92 Å². The third kappa shape index (κ3) is 6.60. The fourth-order valence-corrected chi connectivity index (χ4v) is 1.87. The number of ether oxygens (including phenoxy) is 1. The van der Waals surface area contributed by atoms with Gasteiger partial charge in [-0.1, -0.05) is 30.3 Å². The van der Waals surface area contributed by atoms with E-state index in [1.54, 1.807) is 24.3 Å². The van der Waals surface area contributed by atoms with Crippen molar-refractivity contribution < 1.29 is 23.9 Å². The summed E-state index contributed by atoms with van der Waals surface area (Å²) >= 11 is 0. The van der Waals surface area contributed by atoms with Crippen LogP contribution in [0.5, 0.6) is 0 Å². The van der Waals surface area contributed by atoms with Crippen LogP contribution < -0.4 is 16.4 Å². The van der Waals surface area contributed by atoms with Crippen LogP contribution in [0.4, 0.5) is 4.79 Å². The molecule has 1 aromatic rings. The molecule has 0 radical (unpaired) electrons. The van der Waals surface area contributed by atoms with Crippen LogP contribution in [-0.2, 0) is 19.1 Å². The van der Waals surface area contributed by atoms with E-state index in [4.69, 9.17) is 10.5 Å². The summed E-state index contributed by atoms with van der Waals surface area (Å²) in [5, 5.41) is 4.47. The molecule has 23 heavy (non-hydrogen) atoms. The number of nitrogens with one attached hydrogen (secondary N) is 2. The van der Waals surface area contributed by atoms with Crippen LogP contribution in [-0.4, -0.2) is 29.9 Å². The highest BCUT2D eigenvalue weighted by molar-refractivity contribution is 5.96. The van der Waals surface area contributed by atoms with Crippen LogP contribution in [0, 0.1) is 0 Å². The SMILES string of the molecule is CC(=O)N[C@@H](CC(=O)O[C@@H](C)C(=O)NC(N)=O)c1ccccc1. The van der Waals surface area contributed by atoms with Gasteiger partial charge in [0.05, 0.1) is 12.5 Å². The summed E-state index contributed by atoms with van der Waals surface area (Å²) in [4.78, 5) is 45.3. The molecule has 8 nitrogen and oxygen atoms in total. The number of esters is 1. The molecule has 0 heterocycles. The van der Waals surface area contributed by atoms with E-state index in [0.29, 0.717) is 0 Å². The Kier molecular flexibility index (Phi) is 6.72. The van der Waals surface area contributed by atoms with Crippen LogP contribution >= 0.6 is 0 Å². The van der Waals surface area contributed by atoms with E-state index in [2.05, 4.69) is 5.32 Å². The molecular formula is C15H19N3O5. The Morgan fingerprint density at radius 2 is 1.78 bits per heavy atom. The number of carbonyl (C=O) groups excluding carboxylic acids is 4. The van der Waals surface area contributed by atoms with Gasteiger partial charge in [0.2, 0.25) is 5.91 Å². The number of amides is 4. The molecule has 4 N–H and O–H groups in total. The van der Waals surface area contributed by atoms with Crippen LogP contribution in [0.1, 0.15) is 31.9 Å². The summed E-state index contributed by atoms with van der Waals surface area (Å²) < 4.78 is 4.94. The summed E-state index contributed by atoms with van der Waals surface area (Å²) in [7, 11) is 0. The minimum absolute atomic E-state index is 0.155. The van der Waals surface area contributed by atoms with E-state index in [9.17, 15) is 19.2 Å². The molecule has 0 bridgehead atoms. The predicted molar refractivity (Wildman–Crippen MR) is 80.9 cm³/mol. The highest BCUT2D eigenvalue weighted by Crippen LogP contribution is 2.17. The number of nitrogens with two attached hydrogens (primary N) is 1. The average molecular weight is 321 g/mol. The molecule has 4 amide bonds. The van der Waals surface area contributed by atoms with E-state index in [1.807, 2.05) is 11.4 Å². The molecule has 0 fully saturated rings. The van der Waals surface area contributed by atoms with Gasteiger partial charge in [-0.15, -0.1) is 0 Å². The molecular weight excluding hydrogens is 302 g/mol. The lowest BCUT2D eigenvalue weighted by atomic mass is 10.0. The molecule has 0 aliphatic rings. The van der Waals surface area contributed by atoms with Crippen molar-refractivity contribution in [2.45, 2.75) is 32.4 Å². The lowest BCUT2D eigenvalue weighted by molar-refractivity contribution is -0.155. The molecule has 0 saturated carbocycles. The molecule has 0 spiro atoms. The smallest absolute Gasteiger partial charge is 0.318 e. The molecule has 8 heteroatoms. The molecule has 2 atom stereocenters. The lowest BCUT2D eigenvalue weighted by Gasteiger charge is -2.19. The standard InChI is InChI=1S/C15H19N3O5/c1-9(14(21)18-15(16)22)23-13(20)8-12(17-10(2)19)11-6-4-3-5-7-11/h3-7,9,12H,8H2,1-2H3,(H,17,19)(H3,16,18,21,22)/t9-,12-/m0/s1. The highest BCUT2D eigenvalue weighted by Gasteiger charge is 2.23. The van der Waals surface area contributed by atoms with Crippen molar-refractivity contribution in [1.82, 2.24) is 10.6 Å².